The van der Waals surface area contributed by atoms with E-state index in [1.54, 1.807) is 6.08 Å². The van der Waals surface area contributed by atoms with E-state index >= 15 is 0 Å². The number of carbonyl (C=O) groups excluding carboxylic acids is 1. The van der Waals surface area contributed by atoms with Crippen LogP contribution in [0, 0.1) is 30.1 Å². The predicted octanol–water partition coefficient (Wildman–Crippen LogP) is 2.68. The van der Waals surface area contributed by atoms with Crippen molar-refractivity contribution in [3.63, 3.8) is 0 Å². The minimum Gasteiger partial charge on any atom is -0.352 e. The smallest absolute Gasteiger partial charge is 0.243 e. The highest BCUT2D eigenvalue weighted by atomic mass is 16.1. The molecule has 0 heterocycles. The Hall–Kier alpha value is -1.93. The van der Waals surface area contributed by atoms with Crippen molar-refractivity contribution in [2.45, 2.75) is 33.1 Å². The van der Waals surface area contributed by atoms with Crippen molar-refractivity contribution in [1.82, 2.24) is 5.32 Å². The number of hydrogen-bond donors (Lipinski definition) is 1. The number of unbranched alkanes of at least 4 members (excludes halogenated alkanes) is 1. The fraction of sp³-hybridized carbons (Fsp3) is 0.438. The van der Waals surface area contributed by atoms with E-state index in [2.05, 4.69) is 36.9 Å². The minimum atomic E-state index is -0.0490. The molecule has 1 unspecified atom stereocenters. The fourth-order valence-corrected chi connectivity index (χ4v) is 1.06. The molecule has 0 rings (SSSR count). The first kappa shape index (κ1) is 16.1. The van der Waals surface area contributed by atoms with E-state index in [9.17, 15) is 4.79 Å². The van der Waals surface area contributed by atoms with Crippen LogP contribution in [0.5, 0.6) is 0 Å². The third-order valence-corrected chi connectivity index (χ3v) is 2.41. The van der Waals surface area contributed by atoms with Crippen molar-refractivity contribution in [2.24, 2.45) is 5.92 Å². The van der Waals surface area contributed by atoms with Gasteiger partial charge in [0.15, 0.2) is 0 Å². The van der Waals surface area contributed by atoms with E-state index < -0.39 is 0 Å². The molecule has 1 atom stereocenters. The number of carbonyl (C=O) groups is 1. The second-order valence-electron chi connectivity index (χ2n) is 4.03. The van der Waals surface area contributed by atoms with E-state index in [1.807, 2.05) is 12.2 Å². The lowest BCUT2D eigenvalue weighted by molar-refractivity contribution is -0.116. The van der Waals surface area contributed by atoms with Gasteiger partial charge in [0.1, 0.15) is 0 Å². The Balaban J connectivity index is 3.71. The van der Waals surface area contributed by atoms with Crippen molar-refractivity contribution in [2.75, 3.05) is 6.54 Å². The van der Waals surface area contributed by atoms with Gasteiger partial charge in [-0.25, -0.2) is 0 Å². The van der Waals surface area contributed by atoms with Crippen molar-refractivity contribution in [1.29, 1.82) is 0 Å². The van der Waals surface area contributed by atoms with E-state index in [1.165, 1.54) is 6.08 Å². The molecule has 18 heavy (non-hydrogen) atoms. The van der Waals surface area contributed by atoms with Crippen LogP contribution in [-0.2, 0) is 4.79 Å². The normalized spacial score (nSPS) is 11.8. The number of amides is 1. The highest BCUT2D eigenvalue weighted by Gasteiger charge is 1.99. The first-order chi connectivity index (χ1) is 8.70. The molecule has 0 saturated carbocycles. The zero-order valence-electron chi connectivity index (χ0n) is 11.2. The largest absolute Gasteiger partial charge is 0.352 e. The molecule has 0 aromatic heterocycles. The number of rotatable bonds is 7. The van der Waals surface area contributed by atoms with Crippen molar-refractivity contribution < 1.29 is 4.79 Å². The summed E-state index contributed by atoms with van der Waals surface area (Å²) in [6, 6.07) is 0. The topological polar surface area (TPSA) is 29.1 Å². The van der Waals surface area contributed by atoms with Gasteiger partial charge in [0.2, 0.25) is 5.91 Å². The maximum Gasteiger partial charge on any atom is 0.243 e. The molecule has 96 valence electrons. The van der Waals surface area contributed by atoms with Crippen molar-refractivity contribution in [3.05, 3.63) is 24.3 Å². The first-order valence-corrected chi connectivity index (χ1v) is 6.25. The van der Waals surface area contributed by atoms with Gasteiger partial charge >= 0.3 is 0 Å². The van der Waals surface area contributed by atoms with Crippen LogP contribution in [0.2, 0.25) is 0 Å². The predicted molar refractivity (Wildman–Crippen MR) is 76.6 cm³/mol. The van der Waals surface area contributed by atoms with Gasteiger partial charge in [0.25, 0.3) is 0 Å². The molecule has 0 aliphatic heterocycles. The van der Waals surface area contributed by atoms with Gasteiger partial charge in [-0.2, -0.15) is 0 Å². The minimum absolute atomic E-state index is 0.0490. The molecule has 0 spiro atoms. The maximum atomic E-state index is 11.4. The molecule has 1 amide bonds. The number of nitrogens with one attached hydrogen (secondary N) is 1. The van der Waals surface area contributed by atoms with Crippen LogP contribution in [0.25, 0.3) is 0 Å². The van der Waals surface area contributed by atoms with E-state index in [0.29, 0.717) is 5.92 Å². The Labute approximate surface area is 111 Å². The Morgan fingerprint density at radius 2 is 2.22 bits per heavy atom. The van der Waals surface area contributed by atoms with Gasteiger partial charge in [0, 0.05) is 19.0 Å². The molecule has 2 heteroatoms. The van der Waals surface area contributed by atoms with Gasteiger partial charge < -0.3 is 5.32 Å². The monoisotopic (exact) mass is 243 g/mol. The molecular formula is C16H21NO. The molecule has 1 N–H and O–H groups in total. The van der Waals surface area contributed by atoms with Crippen LogP contribution in [0.15, 0.2) is 24.3 Å². The Kier molecular flexibility index (Phi) is 10.3. The Morgan fingerprint density at radius 3 is 2.89 bits per heavy atom. The molecule has 0 aliphatic carbocycles. The highest BCUT2D eigenvalue weighted by molar-refractivity contribution is 5.87. The Morgan fingerprint density at radius 1 is 1.44 bits per heavy atom. The third-order valence-electron chi connectivity index (χ3n) is 2.41. The molecule has 0 aromatic rings. The summed E-state index contributed by atoms with van der Waals surface area (Å²) in [7, 11) is 0. The van der Waals surface area contributed by atoms with E-state index in [4.69, 9.17) is 6.42 Å². The lowest BCUT2D eigenvalue weighted by atomic mass is 10.1. The number of terminal acetylenes is 1. The molecule has 2 nitrogen and oxygen atoms in total. The Bertz CT molecular complexity index is 388. The van der Waals surface area contributed by atoms with Crippen LogP contribution in [0.3, 0.4) is 0 Å². The molecule has 0 fully saturated rings. The van der Waals surface area contributed by atoms with Crippen LogP contribution < -0.4 is 5.32 Å². The lowest BCUT2D eigenvalue weighted by Gasteiger charge is -2.07. The average Bonchev–Trinajstić information content (AvgIpc) is 2.39. The number of allylic oxidation sites excluding steroid dienone is 3. The quantitative estimate of drug-likeness (QED) is 0.317. The molecular weight excluding hydrogens is 222 g/mol. The van der Waals surface area contributed by atoms with Gasteiger partial charge in [0.05, 0.1) is 0 Å². The summed E-state index contributed by atoms with van der Waals surface area (Å²) in [6.07, 6.45) is 14.7. The van der Waals surface area contributed by atoms with Gasteiger partial charge in [-0.1, -0.05) is 44.4 Å². The second kappa shape index (κ2) is 11.6. The first-order valence-electron chi connectivity index (χ1n) is 6.25. The SMILES string of the molecule is C#CC#CCC/C=C/C=C/C(=O)NCC(C)CC. The van der Waals surface area contributed by atoms with Gasteiger partial charge in [-0.15, -0.1) is 6.42 Å². The van der Waals surface area contributed by atoms with Crippen LogP contribution in [0.4, 0.5) is 0 Å². The van der Waals surface area contributed by atoms with Crippen molar-refractivity contribution in [3.8, 4) is 24.2 Å². The summed E-state index contributed by atoms with van der Waals surface area (Å²) in [4.78, 5) is 11.4. The summed E-state index contributed by atoms with van der Waals surface area (Å²) in [5, 5.41) is 2.85. The molecule has 0 aliphatic rings. The van der Waals surface area contributed by atoms with Crippen LogP contribution in [-0.4, -0.2) is 12.5 Å². The van der Waals surface area contributed by atoms with Crippen LogP contribution in [0.1, 0.15) is 33.1 Å². The molecule has 0 bridgehead atoms. The zero-order chi connectivity index (χ0) is 13.6. The van der Waals surface area contributed by atoms with Gasteiger partial charge in [-0.3, -0.25) is 4.79 Å². The summed E-state index contributed by atoms with van der Waals surface area (Å²) >= 11 is 0. The summed E-state index contributed by atoms with van der Waals surface area (Å²) in [5.74, 6) is 8.12. The summed E-state index contributed by atoms with van der Waals surface area (Å²) < 4.78 is 0. The third kappa shape index (κ3) is 10.6. The molecule has 0 radical (unpaired) electrons. The standard InChI is InChI=1S/C16H21NO/c1-4-6-7-8-9-10-11-12-13-16(18)17-14-15(3)5-2/h1,10-13,15H,5,8-9,14H2,2-3H3,(H,17,18)/b11-10+,13-12+. The number of hydrogen-bond acceptors (Lipinski definition) is 1. The molecule has 0 saturated heterocycles. The lowest BCUT2D eigenvalue weighted by Crippen LogP contribution is -2.26. The zero-order valence-corrected chi connectivity index (χ0v) is 11.2. The summed E-state index contributed by atoms with van der Waals surface area (Å²) in [5.41, 5.74) is 0. The van der Waals surface area contributed by atoms with Crippen molar-refractivity contribution >= 4 is 5.91 Å². The van der Waals surface area contributed by atoms with Crippen LogP contribution >= 0.6 is 0 Å². The molecule has 0 aromatic carbocycles. The average molecular weight is 243 g/mol. The second-order valence-corrected chi connectivity index (χ2v) is 4.03. The fourth-order valence-electron chi connectivity index (χ4n) is 1.06. The van der Waals surface area contributed by atoms with E-state index in [-0.39, 0.29) is 5.91 Å². The van der Waals surface area contributed by atoms with Gasteiger partial charge in [-0.05, 0) is 24.2 Å². The maximum absolute atomic E-state index is 11.4. The van der Waals surface area contributed by atoms with E-state index in [0.717, 1.165) is 25.8 Å². The highest BCUT2D eigenvalue weighted by Crippen LogP contribution is 1.97. The summed E-state index contributed by atoms with van der Waals surface area (Å²) in [6.45, 7) is 4.95.